The van der Waals surface area contributed by atoms with Crippen LogP contribution in [0.4, 0.5) is 0 Å². The van der Waals surface area contributed by atoms with Gasteiger partial charge in [-0.2, -0.15) is 0 Å². The Balaban J connectivity index is 3.46. The molecular formula is C5H11NO3. The van der Waals surface area contributed by atoms with Crippen molar-refractivity contribution in [1.29, 1.82) is 0 Å². The van der Waals surface area contributed by atoms with Crippen molar-refractivity contribution in [2.24, 2.45) is 0 Å². The standard InChI is InChI=1S/C5H11NO3/c1-6-2-4(8)5(9)3-7/h5-7,9H,2-3H2,1H3/t5-/m1/s1. The number of aliphatic hydroxyl groups excluding tert-OH is 2. The van der Waals surface area contributed by atoms with Crippen LogP contribution in [0, 0.1) is 0 Å². The van der Waals surface area contributed by atoms with Crippen LogP contribution < -0.4 is 5.32 Å². The van der Waals surface area contributed by atoms with Gasteiger partial charge in [-0.15, -0.1) is 0 Å². The Labute approximate surface area is 53.5 Å². The molecule has 0 fully saturated rings. The van der Waals surface area contributed by atoms with Gasteiger partial charge in [0.05, 0.1) is 13.2 Å². The van der Waals surface area contributed by atoms with E-state index in [1.165, 1.54) is 0 Å². The number of rotatable bonds is 4. The van der Waals surface area contributed by atoms with E-state index < -0.39 is 12.7 Å². The molecule has 4 nitrogen and oxygen atoms in total. The number of carbonyl (C=O) groups is 1. The maximum absolute atomic E-state index is 10.5. The van der Waals surface area contributed by atoms with Gasteiger partial charge in [0.1, 0.15) is 6.10 Å². The molecule has 4 heteroatoms. The Kier molecular flexibility index (Phi) is 4.21. The van der Waals surface area contributed by atoms with Crippen LogP contribution >= 0.6 is 0 Å². The van der Waals surface area contributed by atoms with Crippen molar-refractivity contribution in [2.45, 2.75) is 6.10 Å². The molecular weight excluding hydrogens is 122 g/mol. The van der Waals surface area contributed by atoms with Crippen molar-refractivity contribution in [2.75, 3.05) is 20.2 Å². The summed E-state index contributed by atoms with van der Waals surface area (Å²) in [5.41, 5.74) is 0. The van der Waals surface area contributed by atoms with Crippen molar-refractivity contribution in [3.05, 3.63) is 0 Å². The lowest BCUT2D eigenvalue weighted by molar-refractivity contribution is -0.127. The van der Waals surface area contributed by atoms with E-state index in [1.807, 2.05) is 0 Å². The van der Waals surface area contributed by atoms with Crippen LogP contribution in [-0.4, -0.2) is 42.3 Å². The Morgan fingerprint density at radius 3 is 2.67 bits per heavy atom. The minimum atomic E-state index is -1.22. The molecule has 54 valence electrons. The number of carbonyl (C=O) groups excluding carboxylic acids is 1. The van der Waals surface area contributed by atoms with Gasteiger partial charge in [0, 0.05) is 0 Å². The maximum Gasteiger partial charge on any atom is 0.177 e. The number of likely N-dealkylation sites (N-methyl/N-ethyl adjacent to an activating group) is 1. The van der Waals surface area contributed by atoms with Gasteiger partial charge in [0.15, 0.2) is 5.78 Å². The van der Waals surface area contributed by atoms with Gasteiger partial charge in [0.2, 0.25) is 0 Å². The molecule has 0 spiro atoms. The van der Waals surface area contributed by atoms with Crippen molar-refractivity contribution in [3.63, 3.8) is 0 Å². The van der Waals surface area contributed by atoms with Crippen LogP contribution in [0.1, 0.15) is 0 Å². The number of hydrogen-bond acceptors (Lipinski definition) is 4. The summed E-state index contributed by atoms with van der Waals surface area (Å²) in [6.45, 7) is -0.401. The third-order valence-electron chi connectivity index (χ3n) is 0.896. The van der Waals surface area contributed by atoms with Gasteiger partial charge in [-0.1, -0.05) is 0 Å². The van der Waals surface area contributed by atoms with Gasteiger partial charge >= 0.3 is 0 Å². The fourth-order valence-electron chi connectivity index (χ4n) is 0.394. The Bertz CT molecular complexity index is 94.2. The number of ketones is 1. The number of aliphatic hydroxyl groups is 2. The molecule has 0 aliphatic carbocycles. The van der Waals surface area contributed by atoms with Crippen LogP contribution in [0.5, 0.6) is 0 Å². The highest BCUT2D eigenvalue weighted by Gasteiger charge is 2.10. The predicted molar refractivity (Wildman–Crippen MR) is 32.0 cm³/mol. The fourth-order valence-corrected chi connectivity index (χ4v) is 0.394. The lowest BCUT2D eigenvalue weighted by Gasteiger charge is -2.03. The first kappa shape index (κ1) is 8.55. The predicted octanol–water partition coefficient (Wildman–Crippen LogP) is -1.87. The Morgan fingerprint density at radius 2 is 2.33 bits per heavy atom. The highest BCUT2D eigenvalue weighted by atomic mass is 16.3. The summed E-state index contributed by atoms with van der Waals surface area (Å²) < 4.78 is 0. The van der Waals surface area contributed by atoms with Gasteiger partial charge in [-0.3, -0.25) is 4.79 Å². The molecule has 0 rings (SSSR count). The molecule has 0 aromatic heterocycles. The molecule has 0 bridgehead atoms. The van der Waals surface area contributed by atoms with Crippen LogP contribution in [0.25, 0.3) is 0 Å². The summed E-state index contributed by atoms with van der Waals surface area (Å²) in [6.07, 6.45) is -1.22. The molecule has 0 aromatic carbocycles. The van der Waals surface area contributed by atoms with E-state index in [9.17, 15) is 4.79 Å². The monoisotopic (exact) mass is 133 g/mol. The zero-order valence-corrected chi connectivity index (χ0v) is 5.29. The molecule has 0 unspecified atom stereocenters. The highest BCUT2D eigenvalue weighted by Crippen LogP contribution is 1.80. The first-order valence-electron chi connectivity index (χ1n) is 2.68. The Hall–Kier alpha value is -0.450. The first-order valence-corrected chi connectivity index (χ1v) is 2.68. The molecule has 0 saturated heterocycles. The second-order valence-corrected chi connectivity index (χ2v) is 1.70. The molecule has 0 aliphatic rings. The van der Waals surface area contributed by atoms with Crippen molar-refractivity contribution in [3.8, 4) is 0 Å². The third-order valence-corrected chi connectivity index (χ3v) is 0.896. The van der Waals surface area contributed by atoms with E-state index in [1.54, 1.807) is 7.05 Å². The summed E-state index contributed by atoms with van der Waals surface area (Å²) in [7, 11) is 1.60. The summed E-state index contributed by atoms with van der Waals surface area (Å²) in [5, 5.41) is 19.4. The average Bonchev–Trinajstić information content (AvgIpc) is 1.87. The molecule has 0 heterocycles. The third kappa shape index (κ3) is 3.18. The van der Waals surface area contributed by atoms with Gasteiger partial charge in [0.25, 0.3) is 0 Å². The van der Waals surface area contributed by atoms with Crippen molar-refractivity contribution in [1.82, 2.24) is 5.32 Å². The summed E-state index contributed by atoms with van der Waals surface area (Å²) in [4.78, 5) is 10.5. The number of hydrogen-bond donors (Lipinski definition) is 3. The van der Waals surface area contributed by atoms with Crippen molar-refractivity contribution >= 4 is 5.78 Å². The second-order valence-electron chi connectivity index (χ2n) is 1.70. The minimum absolute atomic E-state index is 0.0989. The summed E-state index contributed by atoms with van der Waals surface area (Å²) >= 11 is 0. The second kappa shape index (κ2) is 4.43. The maximum atomic E-state index is 10.5. The quantitative estimate of drug-likeness (QED) is 0.420. The zero-order chi connectivity index (χ0) is 7.28. The number of nitrogens with one attached hydrogen (secondary N) is 1. The first-order chi connectivity index (χ1) is 4.22. The summed E-state index contributed by atoms with van der Waals surface area (Å²) in [5.74, 6) is -0.389. The van der Waals surface area contributed by atoms with Crippen LogP contribution in [0.2, 0.25) is 0 Å². The normalized spacial score (nSPS) is 13.2. The van der Waals surface area contributed by atoms with Gasteiger partial charge in [-0.05, 0) is 7.05 Å². The number of Topliss-reactive ketones (excluding diaryl/α,β-unsaturated/α-hetero) is 1. The smallest absolute Gasteiger partial charge is 0.177 e. The molecule has 0 saturated carbocycles. The molecule has 1 atom stereocenters. The summed E-state index contributed by atoms with van der Waals surface area (Å²) in [6, 6.07) is 0. The van der Waals surface area contributed by atoms with Crippen molar-refractivity contribution < 1.29 is 15.0 Å². The largest absolute Gasteiger partial charge is 0.393 e. The van der Waals surface area contributed by atoms with Crippen LogP contribution in [-0.2, 0) is 4.79 Å². The van der Waals surface area contributed by atoms with Crippen LogP contribution in [0.15, 0.2) is 0 Å². The topological polar surface area (TPSA) is 69.6 Å². The van der Waals surface area contributed by atoms with Gasteiger partial charge in [-0.25, -0.2) is 0 Å². The molecule has 0 aliphatic heterocycles. The lowest BCUT2D eigenvalue weighted by atomic mass is 10.2. The minimum Gasteiger partial charge on any atom is -0.393 e. The zero-order valence-electron chi connectivity index (χ0n) is 5.29. The lowest BCUT2D eigenvalue weighted by Crippen LogP contribution is -2.32. The molecule has 0 amide bonds. The van der Waals surface area contributed by atoms with E-state index in [4.69, 9.17) is 10.2 Å². The van der Waals surface area contributed by atoms with E-state index in [0.29, 0.717) is 0 Å². The van der Waals surface area contributed by atoms with Crippen LogP contribution in [0.3, 0.4) is 0 Å². The average molecular weight is 133 g/mol. The fraction of sp³-hybridized carbons (Fsp3) is 0.800. The molecule has 9 heavy (non-hydrogen) atoms. The van der Waals surface area contributed by atoms with Gasteiger partial charge < -0.3 is 15.5 Å². The molecule has 0 aromatic rings. The SMILES string of the molecule is CNCC(=O)[C@H](O)CO. The van der Waals surface area contributed by atoms with E-state index in [0.717, 1.165) is 0 Å². The Morgan fingerprint density at radius 1 is 1.78 bits per heavy atom. The van der Waals surface area contributed by atoms with E-state index in [2.05, 4.69) is 5.32 Å². The highest BCUT2D eigenvalue weighted by molar-refractivity contribution is 5.84. The molecule has 0 radical (unpaired) electrons. The van der Waals surface area contributed by atoms with E-state index in [-0.39, 0.29) is 12.3 Å². The molecule has 3 N–H and O–H groups in total. The van der Waals surface area contributed by atoms with E-state index >= 15 is 0 Å².